The van der Waals surface area contributed by atoms with Gasteiger partial charge in [-0.15, -0.1) is 0 Å². The van der Waals surface area contributed by atoms with Crippen molar-refractivity contribution >= 4 is 0 Å². The molecule has 0 unspecified atom stereocenters. The molecule has 0 radical (unpaired) electrons. The third-order valence-corrected chi connectivity index (χ3v) is 4.10. The van der Waals surface area contributed by atoms with Crippen LogP contribution < -0.4 is 5.32 Å². The van der Waals surface area contributed by atoms with Gasteiger partial charge in [0.1, 0.15) is 0 Å². The van der Waals surface area contributed by atoms with Gasteiger partial charge in [0.25, 0.3) is 0 Å². The molecule has 0 spiro atoms. The van der Waals surface area contributed by atoms with Crippen LogP contribution in [0, 0.1) is 13.8 Å². The normalized spacial score (nSPS) is 23.4. The molecular formula is C15H27N3. The summed E-state index contributed by atoms with van der Waals surface area (Å²) in [5.41, 5.74) is 4.12. The van der Waals surface area contributed by atoms with Crippen LogP contribution >= 0.6 is 0 Å². The Balaban J connectivity index is 2.03. The van der Waals surface area contributed by atoms with E-state index in [0.29, 0.717) is 6.04 Å². The maximum atomic E-state index is 4.70. The predicted molar refractivity (Wildman–Crippen MR) is 76.1 cm³/mol. The molecule has 0 bridgehead atoms. The quantitative estimate of drug-likeness (QED) is 0.867. The van der Waals surface area contributed by atoms with Gasteiger partial charge >= 0.3 is 0 Å². The lowest BCUT2D eigenvalue weighted by Crippen LogP contribution is -2.40. The molecule has 102 valence electrons. The molecule has 1 aliphatic carbocycles. The maximum absolute atomic E-state index is 4.70. The molecule has 1 heterocycles. The van der Waals surface area contributed by atoms with Crippen LogP contribution in [0.5, 0.6) is 0 Å². The Kier molecular flexibility index (Phi) is 4.10. The zero-order chi connectivity index (χ0) is 13.3. The van der Waals surface area contributed by atoms with Crippen LogP contribution in [0.2, 0.25) is 0 Å². The van der Waals surface area contributed by atoms with Crippen molar-refractivity contribution in [3.8, 4) is 0 Å². The summed E-state index contributed by atoms with van der Waals surface area (Å²) in [6.45, 7) is 12.2. The van der Waals surface area contributed by atoms with E-state index in [9.17, 15) is 0 Å². The van der Waals surface area contributed by atoms with Gasteiger partial charge in [-0.2, -0.15) is 5.10 Å². The second kappa shape index (κ2) is 5.43. The molecule has 1 fully saturated rings. The highest BCUT2D eigenvalue weighted by Crippen LogP contribution is 2.40. The Morgan fingerprint density at radius 2 is 2.00 bits per heavy atom. The molecule has 2 rings (SSSR count). The van der Waals surface area contributed by atoms with Gasteiger partial charge in [-0.3, -0.25) is 4.68 Å². The first kappa shape index (κ1) is 13.6. The lowest BCUT2D eigenvalue weighted by molar-refractivity contribution is 0.290. The molecule has 3 nitrogen and oxygen atoms in total. The Morgan fingerprint density at radius 3 is 2.50 bits per heavy atom. The van der Waals surface area contributed by atoms with Crippen LogP contribution in [0.3, 0.4) is 0 Å². The average Bonchev–Trinajstić information content (AvgIpc) is 2.54. The minimum absolute atomic E-state index is 0.464. The molecule has 3 heteroatoms. The topological polar surface area (TPSA) is 29.9 Å². The molecule has 1 aromatic rings. The van der Waals surface area contributed by atoms with E-state index in [1.54, 1.807) is 0 Å². The van der Waals surface area contributed by atoms with Gasteiger partial charge < -0.3 is 5.32 Å². The van der Waals surface area contributed by atoms with Gasteiger partial charge in [0.15, 0.2) is 0 Å². The predicted octanol–water partition coefficient (Wildman–Crippen LogP) is 3.33. The minimum Gasteiger partial charge on any atom is -0.314 e. The highest BCUT2D eigenvalue weighted by molar-refractivity contribution is 5.31. The smallest absolute Gasteiger partial charge is 0.0631 e. The van der Waals surface area contributed by atoms with Crippen LogP contribution in [-0.2, 0) is 0 Å². The third kappa shape index (κ3) is 2.46. The molecule has 0 amide bonds. The number of hydrogen-bond donors (Lipinski definition) is 1. The molecule has 0 atom stereocenters. The zero-order valence-corrected chi connectivity index (χ0v) is 12.5. The largest absolute Gasteiger partial charge is 0.314 e. The SMILES string of the molecule is CCCNC1CC(c2c(C)nn(C(C)C)c2C)C1. The fourth-order valence-corrected chi connectivity index (χ4v) is 3.14. The van der Waals surface area contributed by atoms with Gasteiger partial charge in [-0.1, -0.05) is 6.92 Å². The van der Waals surface area contributed by atoms with E-state index in [1.807, 2.05) is 0 Å². The summed E-state index contributed by atoms with van der Waals surface area (Å²) in [6, 6.07) is 1.20. The molecular weight excluding hydrogens is 222 g/mol. The number of aromatic nitrogens is 2. The molecule has 1 aromatic heterocycles. The molecule has 0 aliphatic heterocycles. The van der Waals surface area contributed by atoms with Crippen molar-refractivity contribution in [2.45, 2.75) is 71.9 Å². The second-order valence-corrected chi connectivity index (χ2v) is 5.94. The van der Waals surface area contributed by atoms with E-state index in [0.717, 1.165) is 18.5 Å². The summed E-state index contributed by atoms with van der Waals surface area (Å²) in [4.78, 5) is 0. The van der Waals surface area contributed by atoms with E-state index < -0.39 is 0 Å². The van der Waals surface area contributed by atoms with Gasteiger partial charge in [-0.25, -0.2) is 0 Å². The van der Waals surface area contributed by atoms with Crippen molar-refractivity contribution in [1.82, 2.24) is 15.1 Å². The van der Waals surface area contributed by atoms with Crippen LogP contribution in [0.25, 0.3) is 0 Å². The summed E-state index contributed by atoms with van der Waals surface area (Å²) in [5.74, 6) is 0.729. The maximum Gasteiger partial charge on any atom is 0.0631 e. The molecule has 1 saturated carbocycles. The highest BCUT2D eigenvalue weighted by atomic mass is 15.3. The van der Waals surface area contributed by atoms with Crippen molar-refractivity contribution in [2.75, 3.05) is 6.54 Å². The van der Waals surface area contributed by atoms with Crippen molar-refractivity contribution in [3.05, 3.63) is 17.0 Å². The monoisotopic (exact) mass is 249 g/mol. The molecule has 18 heavy (non-hydrogen) atoms. The van der Waals surface area contributed by atoms with Crippen molar-refractivity contribution in [2.24, 2.45) is 0 Å². The fourth-order valence-electron chi connectivity index (χ4n) is 3.14. The summed E-state index contributed by atoms with van der Waals surface area (Å²) in [7, 11) is 0. The first-order chi connectivity index (χ1) is 8.54. The standard InChI is InChI=1S/C15H27N3/c1-6-7-16-14-8-13(9-14)15-11(4)17-18(10(2)3)12(15)5/h10,13-14,16H,6-9H2,1-5H3. The van der Waals surface area contributed by atoms with E-state index in [4.69, 9.17) is 5.10 Å². The van der Waals surface area contributed by atoms with E-state index in [1.165, 1.54) is 36.2 Å². The van der Waals surface area contributed by atoms with E-state index in [2.05, 4.69) is 44.6 Å². The van der Waals surface area contributed by atoms with Crippen molar-refractivity contribution in [1.29, 1.82) is 0 Å². The Hall–Kier alpha value is -0.830. The molecule has 0 aromatic carbocycles. The molecule has 0 saturated heterocycles. The summed E-state index contributed by atoms with van der Waals surface area (Å²) in [5, 5.41) is 8.31. The number of nitrogens with zero attached hydrogens (tertiary/aromatic N) is 2. The summed E-state index contributed by atoms with van der Waals surface area (Å²) in [6.07, 6.45) is 3.79. The Morgan fingerprint density at radius 1 is 1.33 bits per heavy atom. The number of aryl methyl sites for hydroxylation is 1. The summed E-state index contributed by atoms with van der Waals surface area (Å²) < 4.78 is 2.18. The third-order valence-electron chi connectivity index (χ3n) is 4.10. The number of nitrogens with one attached hydrogen (secondary N) is 1. The Bertz CT molecular complexity index is 400. The van der Waals surface area contributed by atoms with Crippen molar-refractivity contribution in [3.63, 3.8) is 0 Å². The lowest BCUT2D eigenvalue weighted by Gasteiger charge is -2.36. The Labute approximate surface area is 111 Å². The first-order valence-corrected chi connectivity index (χ1v) is 7.33. The van der Waals surface area contributed by atoms with E-state index >= 15 is 0 Å². The van der Waals surface area contributed by atoms with Crippen molar-refractivity contribution < 1.29 is 0 Å². The lowest BCUT2D eigenvalue weighted by atomic mass is 9.75. The molecule has 1 aliphatic rings. The van der Waals surface area contributed by atoms with Gasteiger partial charge in [0, 0.05) is 17.8 Å². The zero-order valence-electron chi connectivity index (χ0n) is 12.5. The van der Waals surface area contributed by atoms with Gasteiger partial charge in [-0.05, 0) is 65.0 Å². The highest BCUT2D eigenvalue weighted by Gasteiger charge is 2.33. The van der Waals surface area contributed by atoms with E-state index in [-0.39, 0.29) is 0 Å². The number of rotatable bonds is 5. The second-order valence-electron chi connectivity index (χ2n) is 5.94. The number of hydrogen-bond acceptors (Lipinski definition) is 2. The fraction of sp³-hybridized carbons (Fsp3) is 0.800. The van der Waals surface area contributed by atoms with Gasteiger partial charge in [0.05, 0.1) is 5.69 Å². The van der Waals surface area contributed by atoms with Gasteiger partial charge in [0.2, 0.25) is 0 Å². The van der Waals surface area contributed by atoms with Crippen LogP contribution in [0.1, 0.15) is 68.9 Å². The molecule has 1 N–H and O–H groups in total. The first-order valence-electron chi connectivity index (χ1n) is 7.33. The van der Waals surface area contributed by atoms with Crippen LogP contribution in [-0.4, -0.2) is 22.4 Å². The van der Waals surface area contributed by atoms with Crippen LogP contribution in [0.4, 0.5) is 0 Å². The van der Waals surface area contributed by atoms with Crippen LogP contribution in [0.15, 0.2) is 0 Å². The average molecular weight is 249 g/mol. The minimum atomic E-state index is 0.464. The summed E-state index contributed by atoms with van der Waals surface area (Å²) >= 11 is 0.